The van der Waals surface area contributed by atoms with Crippen LogP contribution in [0.4, 0.5) is 0 Å². The van der Waals surface area contributed by atoms with Crippen molar-refractivity contribution in [1.82, 2.24) is 14.8 Å². The Morgan fingerprint density at radius 1 is 1.13 bits per heavy atom. The highest BCUT2D eigenvalue weighted by Gasteiger charge is 2.06. The topological polar surface area (TPSA) is 57.0 Å². The minimum atomic E-state index is -0.285. The average molecular weight is 328 g/mol. The molecule has 0 N–H and O–H groups in total. The van der Waals surface area contributed by atoms with E-state index in [1.54, 1.807) is 29.2 Å². The maximum absolute atomic E-state index is 11.9. The minimum Gasteiger partial charge on any atom is -0.460 e. The van der Waals surface area contributed by atoms with Crippen LogP contribution in [-0.2, 0) is 22.6 Å². The second kappa shape index (κ2) is 7.07. The molecule has 23 heavy (non-hydrogen) atoms. The Bertz CT molecular complexity index is 769. The summed E-state index contributed by atoms with van der Waals surface area (Å²) in [6, 6.07) is 12.9. The molecule has 0 spiro atoms. The lowest BCUT2D eigenvalue weighted by Gasteiger charge is -2.06. The second-order valence-corrected chi connectivity index (χ2v) is 5.33. The molecule has 0 saturated heterocycles. The molecule has 0 amide bonds. The third kappa shape index (κ3) is 4.17. The van der Waals surface area contributed by atoms with Gasteiger partial charge < -0.3 is 4.74 Å². The molecule has 0 radical (unpaired) electrons. The van der Waals surface area contributed by atoms with Crippen molar-refractivity contribution >= 4 is 17.6 Å². The van der Waals surface area contributed by atoms with Crippen LogP contribution in [0, 0.1) is 0 Å². The first-order valence-electron chi connectivity index (χ1n) is 7.06. The van der Waals surface area contributed by atoms with Gasteiger partial charge in [0.1, 0.15) is 11.8 Å². The number of rotatable bonds is 5. The van der Waals surface area contributed by atoms with Crippen molar-refractivity contribution in [3.8, 4) is 5.69 Å². The maximum Gasteiger partial charge on any atom is 0.310 e. The number of nitrogens with zero attached hydrogens (tertiary/aromatic N) is 3. The number of pyridine rings is 1. The van der Waals surface area contributed by atoms with Crippen LogP contribution in [0.2, 0.25) is 5.15 Å². The van der Waals surface area contributed by atoms with Gasteiger partial charge >= 0.3 is 5.97 Å². The lowest BCUT2D eigenvalue weighted by Crippen LogP contribution is -2.08. The highest BCUT2D eigenvalue weighted by molar-refractivity contribution is 6.29. The maximum atomic E-state index is 11.9. The van der Waals surface area contributed by atoms with Gasteiger partial charge in [-0.2, -0.15) is 5.10 Å². The van der Waals surface area contributed by atoms with Crippen molar-refractivity contribution < 1.29 is 9.53 Å². The smallest absolute Gasteiger partial charge is 0.310 e. The molecule has 0 aliphatic rings. The van der Waals surface area contributed by atoms with E-state index < -0.39 is 0 Å². The molecule has 0 aliphatic heterocycles. The first-order valence-corrected chi connectivity index (χ1v) is 7.43. The van der Waals surface area contributed by atoms with Gasteiger partial charge in [-0.1, -0.05) is 29.8 Å². The van der Waals surface area contributed by atoms with E-state index in [1.807, 2.05) is 36.5 Å². The number of benzene rings is 1. The molecule has 2 aromatic heterocycles. The van der Waals surface area contributed by atoms with E-state index in [0.717, 1.165) is 16.8 Å². The normalized spacial score (nSPS) is 10.5. The third-order valence-electron chi connectivity index (χ3n) is 3.24. The fraction of sp³-hybridized carbons (Fsp3) is 0.118. The second-order valence-electron chi connectivity index (χ2n) is 4.94. The van der Waals surface area contributed by atoms with Crippen molar-refractivity contribution in [3.63, 3.8) is 0 Å². The van der Waals surface area contributed by atoms with E-state index in [2.05, 4.69) is 10.1 Å². The zero-order valence-electron chi connectivity index (χ0n) is 12.2. The molecule has 3 aromatic rings. The van der Waals surface area contributed by atoms with Gasteiger partial charge in [-0.15, -0.1) is 0 Å². The molecule has 1 aromatic carbocycles. The lowest BCUT2D eigenvalue weighted by molar-refractivity contribution is -0.144. The number of carbonyl (C=O) groups excluding carboxylic acids is 1. The van der Waals surface area contributed by atoms with Crippen LogP contribution in [0.3, 0.4) is 0 Å². The molecule has 0 aliphatic carbocycles. The summed E-state index contributed by atoms with van der Waals surface area (Å²) in [6.45, 7) is 0.189. The van der Waals surface area contributed by atoms with E-state index in [-0.39, 0.29) is 19.0 Å². The molecular formula is C17H14ClN3O2. The monoisotopic (exact) mass is 327 g/mol. The number of carbonyl (C=O) groups is 1. The standard InChI is InChI=1S/C17H14ClN3O2/c18-16-7-4-14(11-19-16)12-23-17(22)10-13-2-5-15(6-3-13)21-9-1-8-20-21/h1-9,11H,10,12H2. The summed E-state index contributed by atoms with van der Waals surface area (Å²) in [5.41, 5.74) is 2.64. The SMILES string of the molecule is O=C(Cc1ccc(-n2cccn2)cc1)OCc1ccc(Cl)nc1. The van der Waals surface area contributed by atoms with Crippen LogP contribution in [0.1, 0.15) is 11.1 Å². The Kier molecular flexibility index (Phi) is 4.68. The van der Waals surface area contributed by atoms with Gasteiger partial charge in [-0.05, 0) is 29.8 Å². The molecule has 5 nitrogen and oxygen atoms in total. The number of hydrogen-bond acceptors (Lipinski definition) is 4. The van der Waals surface area contributed by atoms with E-state index in [1.165, 1.54) is 0 Å². The zero-order valence-corrected chi connectivity index (χ0v) is 13.0. The molecule has 116 valence electrons. The van der Waals surface area contributed by atoms with E-state index in [9.17, 15) is 4.79 Å². The first-order chi connectivity index (χ1) is 11.2. The number of esters is 1. The average Bonchev–Trinajstić information content (AvgIpc) is 3.09. The zero-order chi connectivity index (χ0) is 16.1. The molecule has 0 unspecified atom stereocenters. The van der Waals surface area contributed by atoms with Crippen LogP contribution in [0.25, 0.3) is 5.69 Å². The summed E-state index contributed by atoms with van der Waals surface area (Å²) in [5, 5.41) is 4.57. The first kappa shape index (κ1) is 15.2. The molecule has 0 bridgehead atoms. The summed E-state index contributed by atoms with van der Waals surface area (Å²) >= 11 is 5.71. The number of ether oxygens (including phenoxy) is 1. The van der Waals surface area contributed by atoms with Crippen molar-refractivity contribution in [1.29, 1.82) is 0 Å². The molecule has 0 saturated carbocycles. The van der Waals surface area contributed by atoms with E-state index in [4.69, 9.17) is 16.3 Å². The Morgan fingerprint density at radius 2 is 1.91 bits per heavy atom. The van der Waals surface area contributed by atoms with Gasteiger partial charge in [0.05, 0.1) is 12.1 Å². The molecular weight excluding hydrogens is 314 g/mol. The van der Waals surface area contributed by atoms with Crippen LogP contribution in [0.15, 0.2) is 61.1 Å². The van der Waals surface area contributed by atoms with Crippen molar-refractivity contribution in [2.45, 2.75) is 13.0 Å². The van der Waals surface area contributed by atoms with Gasteiger partial charge in [0, 0.05) is 24.2 Å². The number of halogens is 1. The molecule has 2 heterocycles. The van der Waals surface area contributed by atoms with E-state index in [0.29, 0.717) is 5.15 Å². The Labute approximate surface area is 138 Å². The Balaban J connectivity index is 1.54. The Hall–Kier alpha value is -2.66. The Morgan fingerprint density at radius 3 is 2.57 bits per heavy atom. The fourth-order valence-corrected chi connectivity index (χ4v) is 2.17. The molecule has 6 heteroatoms. The van der Waals surface area contributed by atoms with Crippen molar-refractivity contribution in [2.75, 3.05) is 0 Å². The summed E-state index contributed by atoms with van der Waals surface area (Å²) in [4.78, 5) is 15.8. The minimum absolute atomic E-state index is 0.189. The highest BCUT2D eigenvalue weighted by Crippen LogP contribution is 2.11. The molecule has 3 rings (SSSR count). The quantitative estimate of drug-likeness (QED) is 0.533. The van der Waals surface area contributed by atoms with Crippen LogP contribution in [-0.4, -0.2) is 20.7 Å². The van der Waals surface area contributed by atoms with Gasteiger partial charge in [0.2, 0.25) is 0 Å². The van der Waals surface area contributed by atoms with Gasteiger partial charge in [0.25, 0.3) is 0 Å². The predicted molar refractivity (Wildman–Crippen MR) is 86.3 cm³/mol. The van der Waals surface area contributed by atoms with Crippen LogP contribution in [0.5, 0.6) is 0 Å². The number of hydrogen-bond donors (Lipinski definition) is 0. The lowest BCUT2D eigenvalue weighted by atomic mass is 10.1. The largest absolute Gasteiger partial charge is 0.460 e. The highest BCUT2D eigenvalue weighted by atomic mass is 35.5. The van der Waals surface area contributed by atoms with E-state index >= 15 is 0 Å². The fourth-order valence-electron chi connectivity index (χ4n) is 2.06. The summed E-state index contributed by atoms with van der Waals surface area (Å²) < 4.78 is 6.99. The van der Waals surface area contributed by atoms with Crippen LogP contribution >= 0.6 is 11.6 Å². The number of aromatic nitrogens is 3. The predicted octanol–water partition coefficient (Wildman–Crippen LogP) is 3.21. The third-order valence-corrected chi connectivity index (χ3v) is 3.47. The van der Waals surface area contributed by atoms with Gasteiger partial charge in [0.15, 0.2) is 0 Å². The van der Waals surface area contributed by atoms with Crippen molar-refractivity contribution in [2.24, 2.45) is 0 Å². The molecule has 0 atom stereocenters. The molecule has 0 fully saturated rings. The van der Waals surface area contributed by atoms with Crippen LogP contribution < -0.4 is 0 Å². The summed E-state index contributed by atoms with van der Waals surface area (Å²) in [7, 11) is 0. The van der Waals surface area contributed by atoms with Gasteiger partial charge in [-0.25, -0.2) is 9.67 Å². The summed E-state index contributed by atoms with van der Waals surface area (Å²) in [5.74, 6) is -0.285. The summed E-state index contributed by atoms with van der Waals surface area (Å²) in [6.07, 6.45) is 5.40. The van der Waals surface area contributed by atoms with Crippen molar-refractivity contribution in [3.05, 3.63) is 77.3 Å². The van der Waals surface area contributed by atoms with Gasteiger partial charge in [-0.3, -0.25) is 4.79 Å².